The molecule has 22 heavy (non-hydrogen) atoms. The Morgan fingerprint density at radius 3 is 2.73 bits per heavy atom. The van der Waals surface area contributed by atoms with Crippen LogP contribution in [0, 0.1) is 5.82 Å². The molecule has 3 N–H and O–H groups in total. The fraction of sp³-hybridized carbons (Fsp3) is 0.235. The molecule has 3 rings (SSSR count). The monoisotopic (exact) mass is 300 g/mol. The van der Waals surface area contributed by atoms with Crippen LogP contribution in [-0.4, -0.2) is 17.2 Å². The van der Waals surface area contributed by atoms with Crippen molar-refractivity contribution in [3.63, 3.8) is 0 Å². The smallest absolute Gasteiger partial charge is 0.315 e. The zero-order valence-corrected chi connectivity index (χ0v) is 11.9. The van der Waals surface area contributed by atoms with Crippen LogP contribution in [0.5, 0.6) is 0 Å². The number of benzene rings is 2. The van der Waals surface area contributed by atoms with E-state index in [-0.39, 0.29) is 12.4 Å². The molecule has 0 spiro atoms. The van der Waals surface area contributed by atoms with Crippen LogP contribution in [0.1, 0.15) is 22.7 Å². The minimum Gasteiger partial charge on any atom is -0.390 e. The molecular formula is C17H17FN2O2. The summed E-state index contributed by atoms with van der Waals surface area (Å²) in [7, 11) is 0. The Morgan fingerprint density at radius 1 is 1.18 bits per heavy atom. The van der Waals surface area contributed by atoms with Gasteiger partial charge in [0.05, 0.1) is 12.1 Å². The zero-order valence-electron chi connectivity index (χ0n) is 11.9. The van der Waals surface area contributed by atoms with Crippen LogP contribution in [-0.2, 0) is 13.0 Å². The highest BCUT2D eigenvalue weighted by Crippen LogP contribution is 2.31. The second-order valence-corrected chi connectivity index (χ2v) is 5.37. The van der Waals surface area contributed by atoms with E-state index in [1.807, 2.05) is 24.3 Å². The molecule has 0 radical (unpaired) electrons. The first kappa shape index (κ1) is 14.5. The first-order valence-electron chi connectivity index (χ1n) is 7.19. The molecule has 2 aromatic rings. The van der Waals surface area contributed by atoms with Gasteiger partial charge in [0.1, 0.15) is 5.82 Å². The summed E-state index contributed by atoms with van der Waals surface area (Å²) in [6.45, 7) is 0.100. The molecule has 0 bridgehead atoms. The second kappa shape index (κ2) is 6.15. The molecule has 0 saturated carbocycles. The van der Waals surface area contributed by atoms with Crippen LogP contribution in [0.4, 0.5) is 9.18 Å². The van der Waals surface area contributed by atoms with E-state index in [1.165, 1.54) is 6.07 Å². The summed E-state index contributed by atoms with van der Waals surface area (Å²) < 4.78 is 13.5. The van der Waals surface area contributed by atoms with Crippen molar-refractivity contribution in [2.75, 3.05) is 0 Å². The number of nitrogens with one attached hydrogen (secondary N) is 2. The lowest BCUT2D eigenvalue weighted by molar-refractivity contribution is 0.142. The number of urea groups is 1. The van der Waals surface area contributed by atoms with Crippen molar-refractivity contribution in [3.8, 4) is 0 Å². The third-order valence-electron chi connectivity index (χ3n) is 3.89. The largest absolute Gasteiger partial charge is 0.390 e. The van der Waals surface area contributed by atoms with Crippen molar-refractivity contribution in [3.05, 3.63) is 71.0 Å². The number of hydrogen-bond donors (Lipinski definition) is 3. The molecule has 2 amide bonds. The lowest BCUT2D eigenvalue weighted by Gasteiger charge is -2.18. The van der Waals surface area contributed by atoms with E-state index in [9.17, 15) is 14.3 Å². The SMILES string of the molecule is O=C(NCc1ccccc1F)NC1c2ccccc2CC1O. The average molecular weight is 300 g/mol. The zero-order chi connectivity index (χ0) is 15.5. The van der Waals surface area contributed by atoms with E-state index in [0.29, 0.717) is 12.0 Å². The molecular weight excluding hydrogens is 283 g/mol. The van der Waals surface area contributed by atoms with Crippen molar-refractivity contribution < 1.29 is 14.3 Å². The van der Waals surface area contributed by atoms with Crippen molar-refractivity contribution in [1.29, 1.82) is 0 Å². The number of aliphatic hydroxyl groups excluding tert-OH is 1. The van der Waals surface area contributed by atoms with Gasteiger partial charge in [-0.15, -0.1) is 0 Å². The normalized spacial score (nSPS) is 19.5. The summed E-state index contributed by atoms with van der Waals surface area (Å²) in [5.74, 6) is -0.353. The van der Waals surface area contributed by atoms with Gasteiger partial charge in [0.15, 0.2) is 0 Å². The number of aliphatic hydroxyl groups is 1. The van der Waals surface area contributed by atoms with Crippen LogP contribution < -0.4 is 10.6 Å². The molecule has 0 heterocycles. The van der Waals surface area contributed by atoms with Gasteiger partial charge < -0.3 is 15.7 Å². The average Bonchev–Trinajstić information content (AvgIpc) is 2.83. The van der Waals surface area contributed by atoms with Gasteiger partial charge in [0.2, 0.25) is 0 Å². The Balaban J connectivity index is 1.62. The fourth-order valence-corrected chi connectivity index (χ4v) is 2.76. The molecule has 0 fully saturated rings. The van der Waals surface area contributed by atoms with Gasteiger partial charge in [-0.05, 0) is 17.2 Å². The first-order valence-corrected chi connectivity index (χ1v) is 7.19. The summed E-state index contributed by atoms with van der Waals surface area (Å²) in [6.07, 6.45) is -0.120. The summed E-state index contributed by atoms with van der Waals surface area (Å²) >= 11 is 0. The van der Waals surface area contributed by atoms with Crippen LogP contribution in [0.2, 0.25) is 0 Å². The lowest BCUT2D eigenvalue weighted by Crippen LogP contribution is -2.40. The van der Waals surface area contributed by atoms with Gasteiger partial charge in [-0.3, -0.25) is 0 Å². The van der Waals surface area contributed by atoms with Crippen LogP contribution in [0.25, 0.3) is 0 Å². The number of fused-ring (bicyclic) bond motifs is 1. The number of halogens is 1. The third kappa shape index (κ3) is 2.94. The highest BCUT2D eigenvalue weighted by atomic mass is 19.1. The van der Waals surface area contributed by atoms with Crippen LogP contribution in [0.3, 0.4) is 0 Å². The number of rotatable bonds is 3. The molecule has 0 aromatic heterocycles. The second-order valence-electron chi connectivity index (χ2n) is 5.37. The number of carbonyl (C=O) groups excluding carboxylic acids is 1. The van der Waals surface area contributed by atoms with E-state index in [2.05, 4.69) is 10.6 Å². The highest BCUT2D eigenvalue weighted by Gasteiger charge is 2.31. The molecule has 2 unspecified atom stereocenters. The van der Waals surface area contributed by atoms with Gasteiger partial charge in [0, 0.05) is 18.5 Å². The third-order valence-corrected chi connectivity index (χ3v) is 3.89. The Bertz CT molecular complexity index is 690. The van der Waals surface area contributed by atoms with Crippen molar-refractivity contribution in [1.82, 2.24) is 10.6 Å². The van der Waals surface area contributed by atoms with Crippen LogP contribution >= 0.6 is 0 Å². The standard InChI is InChI=1S/C17H17FN2O2/c18-14-8-4-2-6-12(14)10-19-17(22)20-16-13-7-3-1-5-11(13)9-15(16)21/h1-8,15-16,21H,9-10H2,(H2,19,20,22). The van der Waals surface area contributed by atoms with Crippen molar-refractivity contribution in [2.24, 2.45) is 0 Å². The summed E-state index contributed by atoms with van der Waals surface area (Å²) in [5.41, 5.74) is 2.38. The molecule has 4 nitrogen and oxygen atoms in total. The molecule has 1 aliphatic carbocycles. The van der Waals surface area contributed by atoms with Gasteiger partial charge in [-0.2, -0.15) is 0 Å². The molecule has 0 saturated heterocycles. The number of carbonyl (C=O) groups is 1. The maximum absolute atomic E-state index is 13.5. The predicted octanol–water partition coefficient (Wildman–Crippen LogP) is 2.28. The molecule has 1 aliphatic rings. The van der Waals surface area contributed by atoms with E-state index in [0.717, 1.165) is 11.1 Å². The van der Waals surface area contributed by atoms with E-state index < -0.39 is 18.2 Å². The highest BCUT2D eigenvalue weighted by molar-refractivity contribution is 5.74. The van der Waals surface area contributed by atoms with Gasteiger partial charge >= 0.3 is 6.03 Å². The van der Waals surface area contributed by atoms with Crippen molar-refractivity contribution in [2.45, 2.75) is 25.1 Å². The van der Waals surface area contributed by atoms with E-state index in [4.69, 9.17) is 0 Å². The van der Waals surface area contributed by atoms with Gasteiger partial charge in [0.25, 0.3) is 0 Å². The molecule has 114 valence electrons. The van der Waals surface area contributed by atoms with Crippen molar-refractivity contribution >= 4 is 6.03 Å². The number of hydrogen-bond acceptors (Lipinski definition) is 2. The minimum absolute atomic E-state index is 0.100. The summed E-state index contributed by atoms with van der Waals surface area (Å²) in [6, 6.07) is 13.1. The first-order chi connectivity index (χ1) is 10.6. The quantitative estimate of drug-likeness (QED) is 0.814. The fourth-order valence-electron chi connectivity index (χ4n) is 2.76. The molecule has 0 aliphatic heterocycles. The lowest BCUT2D eigenvalue weighted by atomic mass is 10.1. The Hall–Kier alpha value is -2.40. The molecule has 2 atom stereocenters. The van der Waals surface area contributed by atoms with Gasteiger partial charge in [-0.25, -0.2) is 9.18 Å². The number of amides is 2. The molecule has 2 aromatic carbocycles. The predicted molar refractivity (Wildman–Crippen MR) is 80.7 cm³/mol. The maximum atomic E-state index is 13.5. The summed E-state index contributed by atoms with van der Waals surface area (Å²) in [5, 5.41) is 15.5. The summed E-state index contributed by atoms with van der Waals surface area (Å²) in [4.78, 5) is 12.0. The van der Waals surface area contributed by atoms with Crippen LogP contribution in [0.15, 0.2) is 48.5 Å². The van der Waals surface area contributed by atoms with E-state index in [1.54, 1.807) is 18.2 Å². The maximum Gasteiger partial charge on any atom is 0.315 e. The Labute approximate surface area is 128 Å². The Kier molecular flexibility index (Phi) is 4.06. The molecule has 5 heteroatoms. The van der Waals surface area contributed by atoms with E-state index >= 15 is 0 Å². The minimum atomic E-state index is -0.642. The van der Waals surface area contributed by atoms with Gasteiger partial charge in [-0.1, -0.05) is 42.5 Å². The topological polar surface area (TPSA) is 61.4 Å². The Morgan fingerprint density at radius 2 is 1.91 bits per heavy atom.